The van der Waals surface area contributed by atoms with Gasteiger partial charge in [-0.05, 0) is 13.0 Å². The topological polar surface area (TPSA) is 21.3 Å². The van der Waals surface area contributed by atoms with Gasteiger partial charge in [0.05, 0.1) is 6.61 Å². The van der Waals surface area contributed by atoms with Crippen molar-refractivity contribution in [3.63, 3.8) is 0 Å². The molecule has 0 aliphatic carbocycles. The van der Waals surface area contributed by atoms with E-state index in [9.17, 15) is 0 Å². The van der Waals surface area contributed by atoms with Crippen LogP contribution in [0, 0.1) is 5.41 Å². The van der Waals surface area contributed by atoms with Crippen LogP contribution in [0.2, 0.25) is 0 Å². The van der Waals surface area contributed by atoms with Gasteiger partial charge in [0.15, 0.2) is 0 Å². The molecule has 0 fully saturated rings. The first-order valence-corrected chi connectivity index (χ1v) is 7.41. The zero-order valence-corrected chi connectivity index (χ0v) is 12.5. The third-order valence-corrected chi connectivity index (χ3v) is 2.99. The average Bonchev–Trinajstić information content (AvgIpc) is 2.30. The Morgan fingerprint density at radius 2 is 1.59 bits per heavy atom. The van der Waals surface area contributed by atoms with Crippen LogP contribution in [0.5, 0.6) is 0 Å². The first-order chi connectivity index (χ1) is 8.12. The van der Waals surface area contributed by atoms with E-state index in [-0.39, 0.29) is 5.41 Å². The zero-order valence-electron chi connectivity index (χ0n) is 12.5. The molecule has 0 heterocycles. The molecule has 0 bridgehead atoms. The molecule has 0 aliphatic heterocycles. The quantitative estimate of drug-likeness (QED) is 0.523. The van der Waals surface area contributed by atoms with Crippen LogP contribution < -0.4 is 5.32 Å². The van der Waals surface area contributed by atoms with E-state index in [1.807, 2.05) is 0 Å². The number of ether oxygens (including phenoxy) is 1. The maximum Gasteiger partial charge on any atom is 0.0529 e. The van der Waals surface area contributed by atoms with Gasteiger partial charge in [-0.1, -0.05) is 59.8 Å². The van der Waals surface area contributed by atoms with Crippen molar-refractivity contribution in [3.8, 4) is 0 Å². The van der Waals surface area contributed by atoms with Crippen molar-refractivity contribution in [2.24, 2.45) is 5.41 Å². The molecule has 1 N–H and O–H groups in total. The lowest BCUT2D eigenvalue weighted by Gasteiger charge is -2.24. The fourth-order valence-corrected chi connectivity index (χ4v) is 1.85. The Morgan fingerprint density at radius 3 is 2.24 bits per heavy atom. The lowest BCUT2D eigenvalue weighted by atomic mass is 9.95. The molecule has 2 nitrogen and oxygen atoms in total. The number of hydrogen-bond acceptors (Lipinski definition) is 2. The third-order valence-electron chi connectivity index (χ3n) is 2.99. The van der Waals surface area contributed by atoms with Gasteiger partial charge in [0.25, 0.3) is 0 Å². The Balaban J connectivity index is 3.26. The highest BCUT2D eigenvalue weighted by Gasteiger charge is 2.16. The molecule has 0 aromatic heterocycles. The number of rotatable bonds is 12. The monoisotopic (exact) mass is 243 g/mol. The van der Waals surface area contributed by atoms with Crippen LogP contribution in [-0.4, -0.2) is 26.3 Å². The van der Waals surface area contributed by atoms with Gasteiger partial charge in [0.2, 0.25) is 0 Å². The van der Waals surface area contributed by atoms with Crippen LogP contribution in [0.25, 0.3) is 0 Å². The van der Waals surface area contributed by atoms with Gasteiger partial charge in [-0.2, -0.15) is 0 Å². The van der Waals surface area contributed by atoms with Crippen LogP contribution in [-0.2, 0) is 4.74 Å². The Morgan fingerprint density at radius 1 is 0.941 bits per heavy atom. The predicted molar refractivity (Wildman–Crippen MR) is 76.5 cm³/mol. The fourth-order valence-electron chi connectivity index (χ4n) is 1.85. The molecule has 104 valence electrons. The minimum absolute atomic E-state index is 0.262. The molecule has 0 amide bonds. The van der Waals surface area contributed by atoms with Crippen molar-refractivity contribution in [2.45, 2.75) is 66.2 Å². The average molecular weight is 243 g/mol. The molecule has 0 aromatic rings. The van der Waals surface area contributed by atoms with Crippen LogP contribution in [0.15, 0.2) is 0 Å². The van der Waals surface area contributed by atoms with E-state index in [2.05, 4.69) is 33.0 Å². The van der Waals surface area contributed by atoms with Gasteiger partial charge in [-0.3, -0.25) is 0 Å². The lowest BCUT2D eigenvalue weighted by molar-refractivity contribution is 0.0599. The van der Waals surface area contributed by atoms with E-state index in [1.54, 1.807) is 0 Å². The number of hydrogen-bond donors (Lipinski definition) is 1. The van der Waals surface area contributed by atoms with Crippen molar-refractivity contribution in [3.05, 3.63) is 0 Å². The molecule has 0 aliphatic rings. The zero-order chi connectivity index (χ0) is 13.0. The lowest BCUT2D eigenvalue weighted by Crippen LogP contribution is -2.33. The van der Waals surface area contributed by atoms with Crippen molar-refractivity contribution in [1.82, 2.24) is 5.32 Å². The molecule has 0 rings (SSSR count). The molecule has 0 atom stereocenters. The normalized spacial score (nSPS) is 12.0. The molecule has 0 saturated heterocycles. The van der Waals surface area contributed by atoms with Gasteiger partial charge in [-0.15, -0.1) is 0 Å². The summed E-state index contributed by atoms with van der Waals surface area (Å²) in [6, 6.07) is 0. The van der Waals surface area contributed by atoms with Gasteiger partial charge in [-0.25, -0.2) is 0 Å². The molecule has 0 aromatic carbocycles. The Kier molecular flexibility index (Phi) is 11.0. The standard InChI is InChI=1S/C15H33NO/c1-5-7-8-9-10-11-12-17-14-15(3,4)13-16-6-2/h16H,5-14H2,1-4H3. The van der Waals surface area contributed by atoms with Crippen LogP contribution >= 0.6 is 0 Å². The second-order valence-electron chi connectivity index (χ2n) is 5.76. The van der Waals surface area contributed by atoms with Crippen molar-refractivity contribution >= 4 is 0 Å². The van der Waals surface area contributed by atoms with E-state index >= 15 is 0 Å². The first-order valence-electron chi connectivity index (χ1n) is 7.41. The summed E-state index contributed by atoms with van der Waals surface area (Å²) in [6.07, 6.45) is 8.03. The fraction of sp³-hybridized carbons (Fsp3) is 1.00. The summed E-state index contributed by atoms with van der Waals surface area (Å²) in [5.74, 6) is 0. The Labute approximate surface area is 109 Å². The summed E-state index contributed by atoms with van der Waals surface area (Å²) in [5, 5.41) is 3.38. The molecular formula is C15H33NO. The second-order valence-corrected chi connectivity index (χ2v) is 5.76. The summed E-state index contributed by atoms with van der Waals surface area (Å²) < 4.78 is 5.76. The maximum atomic E-state index is 5.76. The van der Waals surface area contributed by atoms with Crippen LogP contribution in [0.3, 0.4) is 0 Å². The van der Waals surface area contributed by atoms with Gasteiger partial charge in [0.1, 0.15) is 0 Å². The molecule has 0 spiro atoms. The van der Waals surface area contributed by atoms with E-state index in [1.165, 1.54) is 38.5 Å². The summed E-state index contributed by atoms with van der Waals surface area (Å²) >= 11 is 0. The smallest absolute Gasteiger partial charge is 0.0529 e. The van der Waals surface area contributed by atoms with Crippen LogP contribution in [0.1, 0.15) is 66.2 Å². The third kappa shape index (κ3) is 12.2. The summed E-state index contributed by atoms with van der Waals surface area (Å²) in [4.78, 5) is 0. The van der Waals surface area contributed by atoms with Crippen LogP contribution in [0.4, 0.5) is 0 Å². The Hall–Kier alpha value is -0.0800. The molecule has 0 radical (unpaired) electrons. The molecule has 2 heteroatoms. The SMILES string of the molecule is CCCCCCCCOCC(C)(C)CNCC. The minimum atomic E-state index is 0.262. The van der Waals surface area contributed by atoms with E-state index < -0.39 is 0 Å². The minimum Gasteiger partial charge on any atom is -0.381 e. The highest BCUT2D eigenvalue weighted by Crippen LogP contribution is 2.14. The molecule has 17 heavy (non-hydrogen) atoms. The van der Waals surface area contributed by atoms with Gasteiger partial charge < -0.3 is 10.1 Å². The van der Waals surface area contributed by atoms with E-state index in [0.29, 0.717) is 0 Å². The summed E-state index contributed by atoms with van der Waals surface area (Å²) in [6.45, 7) is 12.8. The maximum absolute atomic E-state index is 5.76. The highest BCUT2D eigenvalue weighted by atomic mass is 16.5. The number of unbranched alkanes of at least 4 members (excludes halogenated alkanes) is 5. The van der Waals surface area contributed by atoms with E-state index in [4.69, 9.17) is 4.74 Å². The van der Waals surface area contributed by atoms with Crippen molar-refractivity contribution in [1.29, 1.82) is 0 Å². The first kappa shape index (κ1) is 16.9. The summed E-state index contributed by atoms with van der Waals surface area (Å²) in [5.41, 5.74) is 0.262. The van der Waals surface area contributed by atoms with E-state index in [0.717, 1.165) is 26.3 Å². The van der Waals surface area contributed by atoms with Crippen molar-refractivity contribution < 1.29 is 4.74 Å². The molecule has 0 saturated carbocycles. The molecule has 0 unspecified atom stereocenters. The Bertz CT molecular complexity index is 157. The largest absolute Gasteiger partial charge is 0.381 e. The highest BCUT2D eigenvalue weighted by molar-refractivity contribution is 4.70. The second kappa shape index (κ2) is 11.0. The predicted octanol–water partition coefficient (Wildman–Crippen LogP) is 4.00. The number of nitrogens with one attached hydrogen (secondary N) is 1. The molecular weight excluding hydrogens is 210 g/mol. The summed E-state index contributed by atoms with van der Waals surface area (Å²) in [7, 11) is 0. The van der Waals surface area contributed by atoms with Gasteiger partial charge in [0, 0.05) is 18.6 Å². The van der Waals surface area contributed by atoms with Crippen molar-refractivity contribution in [2.75, 3.05) is 26.3 Å². The van der Waals surface area contributed by atoms with Gasteiger partial charge >= 0.3 is 0 Å².